The number of aromatic nitrogens is 1. The molecule has 1 aromatic rings. The number of rotatable bonds is 3. The summed E-state index contributed by atoms with van der Waals surface area (Å²) in [6.45, 7) is 8.96. The van der Waals surface area contributed by atoms with E-state index in [1.54, 1.807) is 11.3 Å². The van der Waals surface area contributed by atoms with Crippen molar-refractivity contribution in [2.24, 2.45) is 0 Å². The molecule has 84 valence electrons. The first-order chi connectivity index (χ1) is 7.09. The molecule has 0 aliphatic heterocycles. The maximum Gasteiger partial charge on any atom is 0.202 e. The minimum atomic E-state index is 0.536. The standard InChI is InChI=1S/C12H20N2S/c1-8(2)13-12-10-6-5-7-11(10)14(15-12)9(3)4/h8-9H,5-7H2,1-4H3/p+1. The zero-order valence-electron chi connectivity index (χ0n) is 10.1. The van der Waals surface area contributed by atoms with Crippen LogP contribution in [0.4, 0.5) is 5.00 Å². The Bertz CT molecular complexity index is 353. The molecule has 1 aliphatic carbocycles. The monoisotopic (exact) mass is 225 g/mol. The lowest BCUT2D eigenvalue weighted by Crippen LogP contribution is -2.35. The van der Waals surface area contributed by atoms with Crippen LogP contribution in [-0.4, -0.2) is 6.04 Å². The van der Waals surface area contributed by atoms with Crippen LogP contribution >= 0.6 is 11.5 Å². The van der Waals surface area contributed by atoms with Gasteiger partial charge < -0.3 is 5.32 Å². The zero-order chi connectivity index (χ0) is 11.0. The Morgan fingerprint density at radius 2 is 1.93 bits per heavy atom. The number of hydrogen-bond donors (Lipinski definition) is 1. The van der Waals surface area contributed by atoms with Crippen molar-refractivity contribution in [3.05, 3.63) is 11.3 Å². The highest BCUT2D eigenvalue weighted by Crippen LogP contribution is 2.32. The molecule has 3 heteroatoms. The molecular weight excluding hydrogens is 204 g/mol. The first kappa shape index (κ1) is 10.9. The third-order valence-electron chi connectivity index (χ3n) is 2.81. The van der Waals surface area contributed by atoms with E-state index in [4.69, 9.17) is 0 Å². The summed E-state index contributed by atoms with van der Waals surface area (Å²) in [5.74, 6) is 0. The SMILES string of the molecule is CC(C)Nc1s[n+](C(C)C)c2c1CCC2. The molecule has 0 atom stereocenters. The van der Waals surface area contributed by atoms with Gasteiger partial charge in [-0.3, -0.25) is 0 Å². The van der Waals surface area contributed by atoms with Gasteiger partial charge in [-0.15, -0.1) is 3.96 Å². The molecule has 0 amide bonds. The maximum absolute atomic E-state index is 3.58. The number of nitrogens with zero attached hydrogens (tertiary/aromatic N) is 1. The molecule has 0 saturated carbocycles. The largest absolute Gasteiger partial charge is 0.370 e. The summed E-state index contributed by atoms with van der Waals surface area (Å²) in [6.07, 6.45) is 3.86. The highest BCUT2D eigenvalue weighted by Gasteiger charge is 2.31. The minimum Gasteiger partial charge on any atom is -0.370 e. The molecule has 15 heavy (non-hydrogen) atoms. The Hall–Kier alpha value is -0.570. The topological polar surface area (TPSA) is 15.9 Å². The van der Waals surface area contributed by atoms with E-state index in [9.17, 15) is 0 Å². The van der Waals surface area contributed by atoms with E-state index in [1.165, 1.54) is 24.3 Å². The quantitative estimate of drug-likeness (QED) is 0.782. The number of nitrogens with one attached hydrogen (secondary N) is 1. The minimum absolute atomic E-state index is 0.536. The summed E-state index contributed by atoms with van der Waals surface area (Å²) in [7, 11) is 0. The Morgan fingerprint density at radius 3 is 2.53 bits per heavy atom. The van der Waals surface area contributed by atoms with Gasteiger partial charge in [0.1, 0.15) is 0 Å². The fourth-order valence-corrected chi connectivity index (χ4v) is 3.55. The van der Waals surface area contributed by atoms with Crippen molar-refractivity contribution in [3.8, 4) is 0 Å². The van der Waals surface area contributed by atoms with Gasteiger partial charge >= 0.3 is 0 Å². The van der Waals surface area contributed by atoms with Gasteiger partial charge in [0.25, 0.3) is 0 Å². The molecule has 0 saturated heterocycles. The summed E-state index contributed by atoms with van der Waals surface area (Å²) in [5.41, 5.74) is 3.17. The third kappa shape index (κ3) is 2.03. The van der Waals surface area contributed by atoms with Gasteiger partial charge in [-0.05, 0) is 40.5 Å². The molecule has 2 nitrogen and oxygen atoms in total. The fraction of sp³-hybridized carbons (Fsp3) is 0.750. The molecule has 1 N–H and O–H groups in total. The number of anilines is 1. The van der Waals surface area contributed by atoms with Crippen molar-refractivity contribution in [2.75, 3.05) is 5.32 Å². The van der Waals surface area contributed by atoms with Gasteiger partial charge in [0.2, 0.25) is 5.69 Å². The predicted molar refractivity (Wildman–Crippen MR) is 65.7 cm³/mol. The maximum atomic E-state index is 3.58. The third-order valence-corrected chi connectivity index (χ3v) is 4.19. The average molecular weight is 225 g/mol. The van der Waals surface area contributed by atoms with E-state index >= 15 is 0 Å². The van der Waals surface area contributed by atoms with Crippen LogP contribution < -0.4 is 9.27 Å². The first-order valence-electron chi connectivity index (χ1n) is 5.92. The van der Waals surface area contributed by atoms with E-state index < -0.39 is 0 Å². The van der Waals surface area contributed by atoms with Crippen molar-refractivity contribution in [2.45, 2.75) is 59.0 Å². The van der Waals surface area contributed by atoms with Crippen molar-refractivity contribution in [3.63, 3.8) is 0 Å². The molecular formula is C12H21N2S+. The zero-order valence-corrected chi connectivity index (χ0v) is 10.9. The second-order valence-electron chi connectivity index (χ2n) is 4.92. The van der Waals surface area contributed by atoms with Crippen molar-refractivity contribution in [1.82, 2.24) is 0 Å². The van der Waals surface area contributed by atoms with Gasteiger partial charge in [-0.1, -0.05) is 0 Å². The van der Waals surface area contributed by atoms with Gasteiger partial charge in [0.05, 0.1) is 5.56 Å². The first-order valence-corrected chi connectivity index (χ1v) is 6.70. The number of hydrogen-bond acceptors (Lipinski definition) is 2. The lowest BCUT2D eigenvalue weighted by atomic mass is 10.2. The van der Waals surface area contributed by atoms with E-state index in [1.807, 2.05) is 11.5 Å². The van der Waals surface area contributed by atoms with E-state index in [-0.39, 0.29) is 0 Å². The van der Waals surface area contributed by atoms with Crippen molar-refractivity contribution < 1.29 is 3.96 Å². The van der Waals surface area contributed by atoms with E-state index in [0.29, 0.717) is 12.1 Å². The van der Waals surface area contributed by atoms with Gasteiger partial charge in [-0.2, -0.15) is 0 Å². The molecule has 0 fully saturated rings. The average Bonchev–Trinajstić information content (AvgIpc) is 2.66. The van der Waals surface area contributed by atoms with Gasteiger partial charge in [0, 0.05) is 12.5 Å². The van der Waals surface area contributed by atoms with Crippen LogP contribution in [0, 0.1) is 0 Å². The molecule has 0 spiro atoms. The highest BCUT2D eigenvalue weighted by molar-refractivity contribution is 7.06. The van der Waals surface area contributed by atoms with Crippen LogP contribution in [0.15, 0.2) is 0 Å². The van der Waals surface area contributed by atoms with Crippen LogP contribution in [0.25, 0.3) is 0 Å². The highest BCUT2D eigenvalue weighted by atomic mass is 32.1. The Morgan fingerprint density at radius 1 is 1.20 bits per heavy atom. The van der Waals surface area contributed by atoms with Gasteiger partial charge in [-0.25, -0.2) is 0 Å². The number of fused-ring (bicyclic) bond motifs is 1. The smallest absolute Gasteiger partial charge is 0.202 e. The molecule has 1 aromatic heterocycles. The summed E-state index contributed by atoms with van der Waals surface area (Å²) < 4.78 is 2.48. The Labute approximate surface area is 96.5 Å². The van der Waals surface area contributed by atoms with Crippen LogP contribution in [0.3, 0.4) is 0 Å². The van der Waals surface area contributed by atoms with E-state index in [2.05, 4.69) is 37.0 Å². The Kier molecular flexibility index (Phi) is 3.01. The second-order valence-corrected chi connectivity index (χ2v) is 5.90. The molecule has 0 unspecified atom stereocenters. The molecule has 1 heterocycles. The van der Waals surface area contributed by atoms with E-state index in [0.717, 1.165) is 0 Å². The van der Waals surface area contributed by atoms with Crippen LogP contribution in [0.2, 0.25) is 0 Å². The van der Waals surface area contributed by atoms with Crippen molar-refractivity contribution >= 4 is 16.5 Å². The summed E-state index contributed by atoms with van der Waals surface area (Å²) in [5, 5.41) is 4.99. The molecule has 1 aliphatic rings. The van der Waals surface area contributed by atoms with Crippen LogP contribution in [0.1, 0.15) is 51.4 Å². The lowest BCUT2D eigenvalue weighted by Gasteiger charge is -2.05. The van der Waals surface area contributed by atoms with Crippen LogP contribution in [-0.2, 0) is 12.8 Å². The molecule has 2 rings (SSSR count). The summed E-state index contributed by atoms with van der Waals surface area (Å²) >= 11 is 1.90. The van der Waals surface area contributed by atoms with Crippen molar-refractivity contribution in [1.29, 1.82) is 0 Å². The normalized spacial score (nSPS) is 15.1. The summed E-state index contributed by atoms with van der Waals surface area (Å²) in [4.78, 5) is 0. The molecule has 0 bridgehead atoms. The van der Waals surface area contributed by atoms with Gasteiger partial charge in [0.15, 0.2) is 22.6 Å². The molecule has 0 radical (unpaired) electrons. The Balaban J connectivity index is 2.36. The molecule has 0 aromatic carbocycles. The predicted octanol–water partition coefficient (Wildman–Crippen LogP) is 2.93. The fourth-order valence-electron chi connectivity index (χ4n) is 2.22. The summed E-state index contributed by atoms with van der Waals surface area (Å²) in [6, 6.07) is 1.14. The van der Waals surface area contributed by atoms with Crippen LogP contribution in [0.5, 0.6) is 0 Å². The lowest BCUT2D eigenvalue weighted by molar-refractivity contribution is -0.657. The second kappa shape index (κ2) is 4.12.